The fourth-order valence-corrected chi connectivity index (χ4v) is 1.83. The molecule has 0 unspecified atom stereocenters. The molecular weight excluding hydrogens is 303 g/mol. The van der Waals surface area contributed by atoms with Crippen LogP contribution < -0.4 is 29.6 Å². The molecule has 0 aromatic rings. The SMILES string of the molecule is CCCCCCCCCCCC(=O)CC=O.O=S(O)O.[H-].[Na+]. The van der Waals surface area contributed by atoms with Crippen LogP contribution in [-0.4, -0.2) is 25.4 Å². The number of ketones is 1. The van der Waals surface area contributed by atoms with E-state index in [1.54, 1.807) is 0 Å². The van der Waals surface area contributed by atoms with Crippen LogP contribution in [0.3, 0.4) is 0 Å². The van der Waals surface area contributed by atoms with Crippen molar-refractivity contribution >= 4 is 23.4 Å². The first-order valence-electron chi connectivity index (χ1n) is 7.29. The Kier molecular flexibility index (Phi) is 28.4. The topological polar surface area (TPSA) is 91.7 Å². The molecule has 0 atom stereocenters. The summed E-state index contributed by atoms with van der Waals surface area (Å²) < 4.78 is 22.8. The molecular formula is C14H29NaO5S. The molecule has 0 fully saturated rings. The van der Waals surface area contributed by atoms with Gasteiger partial charge in [0, 0.05) is 6.42 Å². The third-order valence-electron chi connectivity index (χ3n) is 2.87. The molecule has 122 valence electrons. The van der Waals surface area contributed by atoms with Crippen molar-refractivity contribution in [3.05, 3.63) is 0 Å². The third-order valence-corrected chi connectivity index (χ3v) is 2.87. The van der Waals surface area contributed by atoms with E-state index >= 15 is 0 Å². The summed E-state index contributed by atoms with van der Waals surface area (Å²) in [5, 5.41) is 0. The van der Waals surface area contributed by atoms with Gasteiger partial charge in [-0.25, -0.2) is 0 Å². The van der Waals surface area contributed by atoms with Gasteiger partial charge in [0.05, 0.1) is 6.42 Å². The minimum Gasteiger partial charge on any atom is -1.00 e. The van der Waals surface area contributed by atoms with Gasteiger partial charge in [-0.1, -0.05) is 58.3 Å². The van der Waals surface area contributed by atoms with Crippen molar-refractivity contribution in [2.45, 2.75) is 77.6 Å². The minimum atomic E-state index is -2.61. The summed E-state index contributed by atoms with van der Waals surface area (Å²) >= 11 is -2.61. The molecule has 0 spiro atoms. The third kappa shape index (κ3) is 33.3. The normalized spacial score (nSPS) is 9.52. The van der Waals surface area contributed by atoms with Gasteiger partial charge in [-0.2, -0.15) is 4.21 Å². The molecule has 21 heavy (non-hydrogen) atoms. The van der Waals surface area contributed by atoms with Crippen molar-refractivity contribution in [1.82, 2.24) is 0 Å². The molecule has 2 N–H and O–H groups in total. The van der Waals surface area contributed by atoms with Gasteiger partial charge < -0.3 is 6.22 Å². The Morgan fingerprint density at radius 3 is 1.76 bits per heavy atom. The summed E-state index contributed by atoms with van der Waals surface area (Å²) in [5.41, 5.74) is 0. The molecule has 0 heterocycles. The number of aldehydes is 1. The van der Waals surface area contributed by atoms with Gasteiger partial charge in [0.25, 0.3) is 11.4 Å². The van der Waals surface area contributed by atoms with Crippen molar-refractivity contribution in [3.8, 4) is 0 Å². The Bertz CT molecular complexity index is 264. The Hall–Kier alpha value is 0.410. The number of Topliss-reactive ketones (excluding diaryl/α,β-unsaturated/α-hetero) is 1. The number of carbonyl (C=O) groups excluding carboxylic acids is 2. The average Bonchev–Trinajstić information content (AvgIpc) is 2.36. The van der Waals surface area contributed by atoms with E-state index in [2.05, 4.69) is 6.92 Å². The predicted octanol–water partition coefficient (Wildman–Crippen LogP) is 0.863. The standard InChI is InChI=1S/C14H26O2.Na.H2O3S.H/c1-2-3-4-5-6-7-8-9-10-11-14(16)12-13-15;;1-4(2)3;/h13H,2-12H2,1H3;;(H2,1,2,3);/q;+1;;-1. The van der Waals surface area contributed by atoms with Crippen LogP contribution in [0.1, 0.15) is 79.0 Å². The van der Waals surface area contributed by atoms with Crippen LogP contribution in [0.4, 0.5) is 0 Å². The van der Waals surface area contributed by atoms with Crippen LogP contribution in [0.5, 0.6) is 0 Å². The van der Waals surface area contributed by atoms with Gasteiger partial charge in [-0.15, -0.1) is 0 Å². The Morgan fingerprint density at radius 1 is 1.00 bits per heavy atom. The maximum Gasteiger partial charge on any atom is 1.00 e. The van der Waals surface area contributed by atoms with E-state index < -0.39 is 11.4 Å². The number of carbonyl (C=O) groups is 2. The van der Waals surface area contributed by atoms with Crippen molar-refractivity contribution in [2.24, 2.45) is 0 Å². The molecule has 0 aliphatic heterocycles. The van der Waals surface area contributed by atoms with E-state index in [1.807, 2.05) is 0 Å². The van der Waals surface area contributed by atoms with Crippen LogP contribution >= 0.6 is 0 Å². The van der Waals surface area contributed by atoms with Gasteiger partial charge in [0.15, 0.2) is 0 Å². The smallest absolute Gasteiger partial charge is 1.00 e. The molecule has 0 aliphatic rings. The first-order chi connectivity index (χ1) is 9.54. The van der Waals surface area contributed by atoms with Crippen LogP contribution in [0.25, 0.3) is 0 Å². The second-order valence-electron chi connectivity index (χ2n) is 4.72. The summed E-state index contributed by atoms with van der Waals surface area (Å²) in [7, 11) is 0. The van der Waals surface area contributed by atoms with E-state index in [4.69, 9.17) is 13.3 Å². The second kappa shape index (κ2) is 22.7. The Balaban J connectivity index is -0.000000240. The molecule has 0 bridgehead atoms. The van der Waals surface area contributed by atoms with Gasteiger partial charge in [-0.05, 0) is 6.42 Å². The van der Waals surface area contributed by atoms with E-state index in [0.29, 0.717) is 12.7 Å². The maximum absolute atomic E-state index is 11.0. The molecule has 0 aromatic heterocycles. The number of rotatable bonds is 12. The molecule has 0 saturated carbocycles. The van der Waals surface area contributed by atoms with E-state index in [1.165, 1.54) is 44.9 Å². The van der Waals surface area contributed by atoms with Crippen molar-refractivity contribution < 1.29 is 53.9 Å². The zero-order valence-corrected chi connectivity index (χ0v) is 16.2. The molecule has 5 nitrogen and oxygen atoms in total. The van der Waals surface area contributed by atoms with Gasteiger partial charge >= 0.3 is 29.6 Å². The van der Waals surface area contributed by atoms with Crippen molar-refractivity contribution in [3.63, 3.8) is 0 Å². The summed E-state index contributed by atoms with van der Waals surface area (Å²) in [4.78, 5) is 21.1. The first kappa shape index (κ1) is 26.3. The number of unbranched alkanes of at least 4 members (excludes halogenated alkanes) is 8. The average molecular weight is 332 g/mol. The first-order valence-corrected chi connectivity index (χ1v) is 8.36. The Morgan fingerprint density at radius 2 is 1.38 bits per heavy atom. The summed E-state index contributed by atoms with van der Waals surface area (Å²) in [6.07, 6.45) is 12.8. The number of hydrogen-bond acceptors (Lipinski definition) is 3. The number of hydrogen-bond donors (Lipinski definition) is 2. The summed E-state index contributed by atoms with van der Waals surface area (Å²) in [5.74, 6) is 0.0953. The zero-order valence-electron chi connectivity index (χ0n) is 14.4. The van der Waals surface area contributed by atoms with Crippen LogP contribution in [0.2, 0.25) is 0 Å². The van der Waals surface area contributed by atoms with Crippen LogP contribution in [0, 0.1) is 0 Å². The Labute approximate surface area is 154 Å². The van der Waals surface area contributed by atoms with Gasteiger partial charge in [-0.3, -0.25) is 13.9 Å². The molecule has 0 radical (unpaired) electrons. The van der Waals surface area contributed by atoms with Crippen molar-refractivity contribution in [2.75, 3.05) is 0 Å². The minimum absolute atomic E-state index is 0. The van der Waals surface area contributed by atoms with Crippen molar-refractivity contribution in [1.29, 1.82) is 0 Å². The van der Waals surface area contributed by atoms with E-state index in [-0.39, 0.29) is 43.2 Å². The molecule has 0 amide bonds. The monoisotopic (exact) mass is 332 g/mol. The zero-order chi connectivity index (χ0) is 15.6. The molecule has 0 aliphatic carbocycles. The fraction of sp³-hybridized carbons (Fsp3) is 0.857. The van der Waals surface area contributed by atoms with Gasteiger partial charge in [0.2, 0.25) is 0 Å². The summed E-state index contributed by atoms with van der Waals surface area (Å²) in [6.45, 7) is 2.23. The van der Waals surface area contributed by atoms with E-state index in [0.717, 1.165) is 12.8 Å². The summed E-state index contributed by atoms with van der Waals surface area (Å²) in [6, 6.07) is 0. The molecule has 0 aromatic carbocycles. The maximum atomic E-state index is 11.0. The largest absolute Gasteiger partial charge is 1.00 e. The van der Waals surface area contributed by atoms with E-state index in [9.17, 15) is 9.59 Å². The molecule has 0 rings (SSSR count). The fourth-order valence-electron chi connectivity index (χ4n) is 1.83. The van der Waals surface area contributed by atoms with Crippen LogP contribution in [-0.2, 0) is 21.0 Å². The molecule has 0 saturated heterocycles. The second-order valence-corrected chi connectivity index (χ2v) is 5.18. The predicted molar refractivity (Wildman–Crippen MR) is 82.0 cm³/mol. The van der Waals surface area contributed by atoms with Crippen LogP contribution in [0.15, 0.2) is 0 Å². The van der Waals surface area contributed by atoms with Gasteiger partial charge in [0.1, 0.15) is 12.1 Å². The molecule has 7 heteroatoms. The quantitative estimate of drug-likeness (QED) is 0.182.